The van der Waals surface area contributed by atoms with Gasteiger partial charge >= 0.3 is 0 Å². The van der Waals surface area contributed by atoms with Gasteiger partial charge in [0.15, 0.2) is 0 Å². The number of aryl methyl sites for hydroxylation is 3. The lowest BCUT2D eigenvalue weighted by Crippen LogP contribution is -1.98. The fraction of sp³-hybridized carbons (Fsp3) is 0.179. The molecule has 0 aliphatic carbocycles. The van der Waals surface area contributed by atoms with E-state index in [-0.39, 0.29) is 0 Å². The van der Waals surface area contributed by atoms with Crippen LogP contribution < -0.4 is 4.74 Å². The predicted octanol–water partition coefficient (Wildman–Crippen LogP) is 9.95. The van der Waals surface area contributed by atoms with Crippen molar-refractivity contribution in [2.24, 2.45) is 5.92 Å². The molecule has 218 valence electrons. The van der Waals surface area contributed by atoms with Gasteiger partial charge in [-0.15, -0.1) is 0 Å². The van der Waals surface area contributed by atoms with Gasteiger partial charge in [-0.05, 0) is 103 Å². The van der Waals surface area contributed by atoms with E-state index in [1.165, 1.54) is 33.2 Å². The van der Waals surface area contributed by atoms with Crippen LogP contribution >= 0.6 is 0 Å². The highest BCUT2D eigenvalue weighted by Gasteiger charge is 2.15. The normalized spacial score (nSPS) is 11.6. The highest BCUT2D eigenvalue weighted by atomic mass is 16.5. The Labute approximate surface area is 258 Å². The standard InChI is InChI=1S/C39H36N4O/c1-25(2)17-29-19-27(4)39(28(5)20-29)30-23-41-42(24-30)31-9-8-10-32(21-31)44-33-13-14-35-34-11-6-7-12-36(34)43(37(35)22-33)38-18-26(3)15-16-40-38/h6-16,18-25H,17H2,1-5H3. The maximum absolute atomic E-state index is 6.46. The van der Waals surface area contributed by atoms with Crippen molar-refractivity contribution in [3.05, 3.63) is 132 Å². The van der Waals surface area contributed by atoms with Crippen molar-refractivity contribution in [2.75, 3.05) is 0 Å². The molecule has 3 aromatic heterocycles. The van der Waals surface area contributed by atoms with Gasteiger partial charge in [0.05, 0.1) is 22.9 Å². The molecule has 0 amide bonds. The van der Waals surface area contributed by atoms with E-state index < -0.39 is 0 Å². The van der Waals surface area contributed by atoms with E-state index in [0.717, 1.165) is 51.4 Å². The molecular formula is C39H36N4O. The first-order valence-corrected chi connectivity index (χ1v) is 15.2. The van der Waals surface area contributed by atoms with Crippen LogP contribution in [0.3, 0.4) is 0 Å². The summed E-state index contributed by atoms with van der Waals surface area (Å²) in [4.78, 5) is 4.70. The van der Waals surface area contributed by atoms with Crippen molar-refractivity contribution in [3.8, 4) is 34.1 Å². The Morgan fingerprint density at radius 1 is 0.750 bits per heavy atom. The lowest BCUT2D eigenvalue weighted by atomic mass is 9.92. The lowest BCUT2D eigenvalue weighted by molar-refractivity contribution is 0.483. The van der Waals surface area contributed by atoms with E-state index in [9.17, 15) is 0 Å². The van der Waals surface area contributed by atoms with E-state index in [2.05, 4.69) is 106 Å². The molecule has 7 rings (SSSR count). The average molecular weight is 577 g/mol. The van der Waals surface area contributed by atoms with E-state index in [1.54, 1.807) is 0 Å². The third-order valence-corrected chi connectivity index (χ3v) is 8.20. The second-order valence-electron chi connectivity index (χ2n) is 12.2. The molecule has 0 aliphatic rings. The van der Waals surface area contributed by atoms with E-state index in [4.69, 9.17) is 14.8 Å². The lowest BCUT2D eigenvalue weighted by Gasteiger charge is -2.13. The SMILES string of the molecule is Cc1ccnc(-n2c3ccccc3c3ccc(Oc4cccc(-n5cc(-c6c(C)cc(CC(C)C)cc6C)cn5)c4)cc32)c1. The molecule has 0 bridgehead atoms. The van der Waals surface area contributed by atoms with Crippen LogP contribution in [-0.4, -0.2) is 19.3 Å². The Bertz CT molecular complexity index is 2130. The van der Waals surface area contributed by atoms with Crippen LogP contribution in [0.25, 0.3) is 44.4 Å². The van der Waals surface area contributed by atoms with Crippen molar-refractivity contribution in [3.63, 3.8) is 0 Å². The zero-order valence-electron chi connectivity index (χ0n) is 25.9. The van der Waals surface area contributed by atoms with Gasteiger partial charge in [-0.3, -0.25) is 4.57 Å². The maximum Gasteiger partial charge on any atom is 0.137 e. The monoisotopic (exact) mass is 576 g/mol. The molecule has 0 saturated heterocycles. The Morgan fingerprint density at radius 2 is 1.52 bits per heavy atom. The molecular weight excluding hydrogens is 540 g/mol. The van der Waals surface area contributed by atoms with Gasteiger partial charge in [0.2, 0.25) is 0 Å². The fourth-order valence-electron chi connectivity index (χ4n) is 6.42. The maximum atomic E-state index is 6.46. The minimum Gasteiger partial charge on any atom is -0.457 e. The van der Waals surface area contributed by atoms with Crippen LogP contribution in [0.4, 0.5) is 0 Å². The third-order valence-electron chi connectivity index (χ3n) is 8.20. The molecule has 0 spiro atoms. The Kier molecular flexibility index (Phi) is 7.01. The number of aromatic nitrogens is 4. The van der Waals surface area contributed by atoms with Crippen molar-refractivity contribution in [1.82, 2.24) is 19.3 Å². The summed E-state index contributed by atoms with van der Waals surface area (Å²) in [7, 11) is 0. The second-order valence-corrected chi connectivity index (χ2v) is 12.2. The summed E-state index contributed by atoms with van der Waals surface area (Å²) in [6.45, 7) is 11.0. The third kappa shape index (κ3) is 5.15. The van der Waals surface area contributed by atoms with Crippen LogP contribution in [0.5, 0.6) is 11.5 Å². The second kappa shape index (κ2) is 11.2. The molecule has 0 N–H and O–H groups in total. The number of pyridine rings is 1. The van der Waals surface area contributed by atoms with E-state index >= 15 is 0 Å². The first-order chi connectivity index (χ1) is 21.3. The fourth-order valence-corrected chi connectivity index (χ4v) is 6.42. The molecule has 7 aromatic rings. The molecule has 44 heavy (non-hydrogen) atoms. The zero-order valence-corrected chi connectivity index (χ0v) is 25.9. The smallest absolute Gasteiger partial charge is 0.137 e. The Hall–Kier alpha value is -5.16. The minimum atomic E-state index is 0.633. The van der Waals surface area contributed by atoms with Crippen LogP contribution in [0.2, 0.25) is 0 Å². The molecule has 3 heterocycles. The highest BCUT2D eigenvalue weighted by molar-refractivity contribution is 6.09. The summed E-state index contributed by atoms with van der Waals surface area (Å²) in [6.07, 6.45) is 7.02. The van der Waals surface area contributed by atoms with E-state index in [1.807, 2.05) is 47.4 Å². The van der Waals surface area contributed by atoms with Crippen LogP contribution in [-0.2, 0) is 6.42 Å². The quantitative estimate of drug-likeness (QED) is 0.190. The van der Waals surface area contributed by atoms with Gasteiger partial charge in [0, 0.05) is 40.9 Å². The summed E-state index contributed by atoms with van der Waals surface area (Å²) >= 11 is 0. The van der Waals surface area contributed by atoms with Crippen LogP contribution in [0.15, 0.2) is 110 Å². The van der Waals surface area contributed by atoms with E-state index in [0.29, 0.717) is 5.92 Å². The molecule has 4 aromatic carbocycles. The number of ether oxygens (including phenoxy) is 1. The number of hydrogen-bond donors (Lipinski definition) is 0. The number of rotatable bonds is 7. The largest absolute Gasteiger partial charge is 0.457 e. The Balaban J connectivity index is 1.21. The zero-order chi connectivity index (χ0) is 30.4. The summed E-state index contributed by atoms with van der Waals surface area (Å²) in [5.74, 6) is 3.04. The van der Waals surface area contributed by atoms with Gasteiger partial charge < -0.3 is 4.74 Å². The number of hydrogen-bond acceptors (Lipinski definition) is 3. The highest BCUT2D eigenvalue weighted by Crippen LogP contribution is 2.35. The minimum absolute atomic E-state index is 0.633. The summed E-state index contributed by atoms with van der Waals surface area (Å²) in [5.41, 5.74) is 10.6. The summed E-state index contributed by atoms with van der Waals surface area (Å²) < 4.78 is 10.6. The molecule has 0 radical (unpaired) electrons. The van der Waals surface area contributed by atoms with Gasteiger partial charge in [-0.25, -0.2) is 9.67 Å². The molecule has 0 saturated carbocycles. The van der Waals surface area contributed by atoms with Crippen LogP contribution in [0.1, 0.15) is 36.1 Å². The number of benzene rings is 4. The topological polar surface area (TPSA) is 44.9 Å². The number of nitrogens with zero attached hydrogens (tertiary/aromatic N) is 4. The molecule has 0 aliphatic heterocycles. The van der Waals surface area contributed by atoms with Crippen LogP contribution in [0, 0.1) is 26.7 Å². The molecule has 0 atom stereocenters. The van der Waals surface area contributed by atoms with Gasteiger partial charge in [0.1, 0.15) is 17.3 Å². The van der Waals surface area contributed by atoms with Crippen molar-refractivity contribution < 1.29 is 4.74 Å². The molecule has 0 unspecified atom stereocenters. The van der Waals surface area contributed by atoms with Crippen molar-refractivity contribution in [1.29, 1.82) is 0 Å². The summed E-state index contributed by atoms with van der Waals surface area (Å²) in [6, 6.07) is 31.6. The van der Waals surface area contributed by atoms with Gasteiger partial charge in [-0.1, -0.05) is 50.2 Å². The molecule has 5 heteroatoms. The summed E-state index contributed by atoms with van der Waals surface area (Å²) in [5, 5.41) is 7.08. The van der Waals surface area contributed by atoms with Gasteiger partial charge in [-0.2, -0.15) is 5.10 Å². The van der Waals surface area contributed by atoms with Gasteiger partial charge in [0.25, 0.3) is 0 Å². The average Bonchev–Trinajstić information content (AvgIpc) is 3.60. The molecule has 0 fully saturated rings. The molecule has 5 nitrogen and oxygen atoms in total. The predicted molar refractivity (Wildman–Crippen MR) is 180 cm³/mol. The number of fused-ring (bicyclic) bond motifs is 3. The van der Waals surface area contributed by atoms with Crippen molar-refractivity contribution in [2.45, 2.75) is 41.0 Å². The first-order valence-electron chi connectivity index (χ1n) is 15.2. The van der Waals surface area contributed by atoms with Crippen molar-refractivity contribution >= 4 is 21.8 Å². The number of para-hydroxylation sites is 1. The Morgan fingerprint density at radius 3 is 2.32 bits per heavy atom. The first kappa shape index (κ1) is 27.7.